The lowest BCUT2D eigenvalue weighted by Crippen LogP contribution is -2.41. The van der Waals surface area contributed by atoms with Crippen molar-refractivity contribution >= 4 is 5.71 Å². The Balaban J connectivity index is 2.19. The summed E-state index contributed by atoms with van der Waals surface area (Å²) >= 11 is 0. The second-order valence-electron chi connectivity index (χ2n) is 3.90. The third-order valence-corrected chi connectivity index (χ3v) is 3.09. The van der Waals surface area contributed by atoms with Gasteiger partial charge >= 0.3 is 0 Å². The quantitative estimate of drug-likeness (QED) is 0.570. The molecule has 0 aromatic carbocycles. The molecule has 0 aromatic heterocycles. The molecular weight excluding hydrogens is 148 g/mol. The zero-order valence-electron chi connectivity index (χ0n) is 8.80. The van der Waals surface area contributed by atoms with E-state index in [1.807, 2.05) is 0 Å². The molecule has 0 bridgehead atoms. The van der Waals surface area contributed by atoms with Crippen molar-refractivity contribution in [3.05, 3.63) is 0 Å². The largest absolute Gasteiger partial charge is 0.307 e. The normalized spacial score (nSPS) is 23.2. The lowest BCUT2D eigenvalue weighted by atomic mass is 9.93. The average Bonchev–Trinajstić information content (AvgIpc) is 2.10. The Hall–Kier alpha value is -0.370. The molecule has 0 spiro atoms. The second-order valence-corrected chi connectivity index (χ2v) is 3.90. The molecule has 0 saturated heterocycles. The fourth-order valence-corrected chi connectivity index (χ4v) is 1.64. The topological polar surface area (TPSA) is 6.25 Å². The molecule has 1 aliphatic heterocycles. The predicted octanol–water partition coefficient (Wildman–Crippen LogP) is 1.06. The van der Waals surface area contributed by atoms with E-state index in [2.05, 4.69) is 37.4 Å². The third kappa shape index (κ3) is 2.07. The van der Waals surface area contributed by atoms with Crippen molar-refractivity contribution < 1.29 is 4.58 Å². The van der Waals surface area contributed by atoms with E-state index in [0.29, 0.717) is 0 Å². The Morgan fingerprint density at radius 2 is 2.25 bits per heavy atom. The maximum absolute atomic E-state index is 2.38. The van der Waals surface area contributed by atoms with Gasteiger partial charge in [-0.25, -0.2) is 4.58 Å². The van der Waals surface area contributed by atoms with Gasteiger partial charge in [-0.1, -0.05) is 6.92 Å². The van der Waals surface area contributed by atoms with Crippen LogP contribution in [0.4, 0.5) is 0 Å². The molecule has 0 N–H and O–H groups in total. The van der Waals surface area contributed by atoms with E-state index >= 15 is 0 Å². The van der Waals surface area contributed by atoms with Crippen LogP contribution in [-0.4, -0.2) is 48.9 Å². The van der Waals surface area contributed by atoms with Gasteiger partial charge in [0.1, 0.15) is 7.05 Å². The van der Waals surface area contributed by atoms with Crippen LogP contribution in [0.15, 0.2) is 0 Å². The highest BCUT2D eigenvalue weighted by molar-refractivity contribution is 5.82. The number of nitrogens with zero attached hydrogens (tertiary/aromatic N) is 2. The first-order valence-electron chi connectivity index (χ1n) is 4.88. The van der Waals surface area contributed by atoms with Crippen LogP contribution >= 0.6 is 0 Å². The van der Waals surface area contributed by atoms with Crippen LogP contribution in [0.2, 0.25) is 0 Å². The van der Waals surface area contributed by atoms with Crippen LogP contribution in [0.3, 0.4) is 0 Å². The van der Waals surface area contributed by atoms with Gasteiger partial charge in [0, 0.05) is 6.92 Å². The van der Waals surface area contributed by atoms with Crippen LogP contribution in [-0.2, 0) is 0 Å². The molecule has 1 atom stereocenters. The maximum Gasteiger partial charge on any atom is 0.158 e. The van der Waals surface area contributed by atoms with Gasteiger partial charge in [-0.3, -0.25) is 0 Å². The van der Waals surface area contributed by atoms with Crippen molar-refractivity contribution in [1.29, 1.82) is 0 Å². The highest BCUT2D eigenvalue weighted by atomic mass is 15.1. The zero-order valence-corrected chi connectivity index (χ0v) is 8.80. The fraction of sp³-hybridized carbons (Fsp3) is 0.900. The molecule has 70 valence electrons. The first-order valence-corrected chi connectivity index (χ1v) is 4.88. The highest BCUT2D eigenvalue weighted by Gasteiger charge is 2.31. The Kier molecular flexibility index (Phi) is 3.27. The molecule has 0 aromatic rings. The Bertz CT molecular complexity index is 184. The number of hydrogen-bond donors (Lipinski definition) is 0. The second kappa shape index (κ2) is 4.04. The summed E-state index contributed by atoms with van der Waals surface area (Å²) in [6.45, 7) is 8.14. The van der Waals surface area contributed by atoms with Crippen molar-refractivity contribution in [1.82, 2.24) is 4.90 Å². The lowest BCUT2D eigenvalue weighted by molar-refractivity contribution is -0.535. The molecule has 0 radical (unpaired) electrons. The van der Waals surface area contributed by atoms with Gasteiger partial charge in [-0.2, -0.15) is 0 Å². The van der Waals surface area contributed by atoms with Crippen molar-refractivity contribution in [2.75, 3.05) is 33.7 Å². The number of rotatable bonds is 4. The molecule has 1 unspecified atom stereocenters. The SMILES string of the molecule is CCN(C)CCC1C[N+](C)=C1C. The summed E-state index contributed by atoms with van der Waals surface area (Å²) in [5.74, 6) is 0.865. The molecule has 1 aliphatic rings. The van der Waals surface area contributed by atoms with Crippen molar-refractivity contribution in [3.63, 3.8) is 0 Å². The van der Waals surface area contributed by atoms with Crippen molar-refractivity contribution in [3.8, 4) is 0 Å². The fourth-order valence-electron chi connectivity index (χ4n) is 1.64. The minimum atomic E-state index is 0.865. The van der Waals surface area contributed by atoms with Crippen LogP contribution in [0.5, 0.6) is 0 Å². The Morgan fingerprint density at radius 1 is 1.58 bits per heavy atom. The minimum Gasteiger partial charge on any atom is -0.307 e. The summed E-state index contributed by atoms with van der Waals surface area (Å²) in [5, 5.41) is 0. The Labute approximate surface area is 75.9 Å². The van der Waals surface area contributed by atoms with Crippen LogP contribution in [0.1, 0.15) is 20.3 Å². The molecule has 2 nitrogen and oxygen atoms in total. The minimum absolute atomic E-state index is 0.865. The molecule has 12 heavy (non-hydrogen) atoms. The first kappa shape index (κ1) is 9.72. The summed E-state index contributed by atoms with van der Waals surface area (Å²) in [5.41, 5.74) is 1.57. The van der Waals surface area contributed by atoms with E-state index < -0.39 is 0 Å². The van der Waals surface area contributed by atoms with Gasteiger partial charge in [-0.05, 0) is 26.6 Å². The van der Waals surface area contributed by atoms with E-state index in [0.717, 1.165) is 5.92 Å². The van der Waals surface area contributed by atoms with Gasteiger partial charge in [0.25, 0.3) is 0 Å². The molecule has 0 saturated carbocycles. The van der Waals surface area contributed by atoms with Crippen LogP contribution in [0.25, 0.3) is 0 Å². The van der Waals surface area contributed by atoms with Gasteiger partial charge in [-0.15, -0.1) is 0 Å². The molecule has 1 rings (SSSR count). The van der Waals surface area contributed by atoms with E-state index in [1.165, 1.54) is 26.1 Å². The molecule has 1 heterocycles. The zero-order chi connectivity index (χ0) is 9.14. The summed E-state index contributed by atoms with van der Waals surface area (Å²) in [6, 6.07) is 0. The standard InChI is InChI=1S/C10H21N2/c1-5-11(3)7-6-10-8-12(4)9(10)2/h10H,5-8H2,1-4H3/q+1. The van der Waals surface area contributed by atoms with E-state index in [1.54, 1.807) is 5.71 Å². The number of hydrogen-bond acceptors (Lipinski definition) is 1. The average molecular weight is 169 g/mol. The summed E-state index contributed by atoms with van der Waals surface area (Å²) in [7, 11) is 4.37. The van der Waals surface area contributed by atoms with Crippen LogP contribution < -0.4 is 0 Å². The molecule has 0 fully saturated rings. The highest BCUT2D eigenvalue weighted by Crippen LogP contribution is 2.14. The lowest BCUT2D eigenvalue weighted by Gasteiger charge is -2.24. The predicted molar refractivity (Wildman–Crippen MR) is 53.0 cm³/mol. The summed E-state index contributed by atoms with van der Waals surface area (Å²) < 4.78 is 2.34. The van der Waals surface area contributed by atoms with Gasteiger partial charge < -0.3 is 4.90 Å². The van der Waals surface area contributed by atoms with Gasteiger partial charge in [0.05, 0.1) is 5.92 Å². The van der Waals surface area contributed by atoms with E-state index in [4.69, 9.17) is 0 Å². The first-order chi connectivity index (χ1) is 5.65. The Morgan fingerprint density at radius 3 is 2.67 bits per heavy atom. The third-order valence-electron chi connectivity index (χ3n) is 3.09. The van der Waals surface area contributed by atoms with E-state index in [-0.39, 0.29) is 0 Å². The molecule has 0 aliphatic carbocycles. The van der Waals surface area contributed by atoms with Crippen molar-refractivity contribution in [2.24, 2.45) is 5.92 Å². The molecule has 2 heteroatoms. The summed E-state index contributed by atoms with van der Waals surface area (Å²) in [6.07, 6.45) is 1.33. The van der Waals surface area contributed by atoms with Gasteiger partial charge in [0.2, 0.25) is 0 Å². The molecular formula is C10H21N2+. The van der Waals surface area contributed by atoms with Crippen LogP contribution in [0, 0.1) is 5.92 Å². The van der Waals surface area contributed by atoms with Gasteiger partial charge in [0.15, 0.2) is 12.3 Å². The monoisotopic (exact) mass is 169 g/mol. The smallest absolute Gasteiger partial charge is 0.158 e. The maximum atomic E-state index is 2.38. The van der Waals surface area contributed by atoms with E-state index in [9.17, 15) is 0 Å². The molecule has 0 amide bonds. The summed E-state index contributed by atoms with van der Waals surface area (Å²) in [4.78, 5) is 2.38. The van der Waals surface area contributed by atoms with Crippen molar-refractivity contribution in [2.45, 2.75) is 20.3 Å².